The molecule has 0 bridgehead atoms. The number of fused-ring (bicyclic) bond motifs is 7. The molecule has 5 aliphatic carbocycles. The summed E-state index contributed by atoms with van der Waals surface area (Å²) in [5, 5.41) is 17.5. The Labute approximate surface area is 360 Å². The van der Waals surface area contributed by atoms with Gasteiger partial charge in [0.15, 0.2) is 0 Å². The molecule has 2 amide bonds. The van der Waals surface area contributed by atoms with Gasteiger partial charge in [0.25, 0.3) is 0 Å². The van der Waals surface area contributed by atoms with Crippen molar-refractivity contribution in [1.29, 1.82) is 0 Å². The summed E-state index contributed by atoms with van der Waals surface area (Å²) in [5.41, 5.74) is 1.63. The van der Waals surface area contributed by atoms with Crippen molar-refractivity contribution in [2.75, 3.05) is 13.1 Å². The fourth-order valence-electron chi connectivity index (χ4n) is 13.4. The van der Waals surface area contributed by atoms with Crippen molar-refractivity contribution in [3.05, 3.63) is 84.6 Å². The van der Waals surface area contributed by atoms with E-state index in [-0.39, 0.29) is 50.9 Å². The van der Waals surface area contributed by atoms with E-state index in [1.165, 1.54) is 12.8 Å². The van der Waals surface area contributed by atoms with Crippen molar-refractivity contribution >= 4 is 11.8 Å². The Balaban J connectivity index is 1.06. The Morgan fingerprint density at radius 2 is 1.27 bits per heavy atom. The van der Waals surface area contributed by atoms with Crippen LogP contribution >= 0.6 is 0 Å². The highest BCUT2D eigenvalue weighted by Gasteiger charge is 2.69. The van der Waals surface area contributed by atoms with Crippen molar-refractivity contribution in [2.45, 2.75) is 171 Å². The molecule has 4 fully saturated rings. The first kappa shape index (κ1) is 47.1. The molecule has 59 heavy (non-hydrogen) atoms. The molecule has 0 unspecified atom stereocenters. The number of nitrogens with one attached hydrogen (secondary N) is 2. The molecular weight excluding hydrogens is 725 g/mol. The number of hydrogen-bond acceptors (Lipinski definition) is 3. The molecule has 5 rings (SSSR count). The molecule has 5 heteroatoms. The van der Waals surface area contributed by atoms with Gasteiger partial charge in [-0.3, -0.25) is 9.59 Å². The van der Waals surface area contributed by atoms with Crippen LogP contribution in [0.5, 0.6) is 0 Å². The highest BCUT2D eigenvalue weighted by Crippen LogP contribution is 2.75. The number of aliphatic hydroxyl groups excluding tert-OH is 1. The fraction of sp³-hybridized carbons (Fsp3) is 0.704. The summed E-state index contributed by atoms with van der Waals surface area (Å²) in [6.07, 6.45) is 45.4. The minimum absolute atomic E-state index is 0.0396. The van der Waals surface area contributed by atoms with E-state index in [1.807, 2.05) is 0 Å². The molecule has 5 aliphatic rings. The standard InChI is InChI=1S/C54H84N2O3/c1-9-10-11-12-13-14-15-16-17-18-19-20-21-22-23-24-25-26-27-28-47(58)55-39-40-56-49(59)54-36-31-41(2)42(3)48(54)43-29-30-45-51(6)34-33-46(57)50(4,5)44(51)32-35-53(45,8)52(43,7)37-38-54/h10-11,13-14,16-17,19-20,22-23,25-26,29,41-42,44-46,48,57H,9,12,15,18,21,24,27-28,30-40H2,1-8H3,(H,55,58)(H,56,59)/b11-10-,14-13-,17-16-,20-19-,23-22-,26-25-/t41-,42+,44+,45-,46+,48+,51+,52-,53-,54+/m1/s1. The lowest BCUT2D eigenvalue weighted by atomic mass is 9.33. The van der Waals surface area contributed by atoms with Gasteiger partial charge < -0.3 is 15.7 Å². The normalized spacial score (nSPS) is 36.9. The van der Waals surface area contributed by atoms with Crippen LogP contribution < -0.4 is 10.6 Å². The average Bonchev–Trinajstić information content (AvgIpc) is 3.20. The van der Waals surface area contributed by atoms with Gasteiger partial charge in [0.1, 0.15) is 0 Å². The number of rotatable bonds is 18. The van der Waals surface area contributed by atoms with Gasteiger partial charge in [0, 0.05) is 19.5 Å². The molecule has 5 nitrogen and oxygen atoms in total. The molecule has 0 aromatic heterocycles. The van der Waals surface area contributed by atoms with Gasteiger partial charge in [-0.05, 0) is 154 Å². The number of allylic oxidation sites excluding steroid dienone is 14. The van der Waals surface area contributed by atoms with Gasteiger partial charge in [-0.2, -0.15) is 0 Å². The van der Waals surface area contributed by atoms with Crippen LogP contribution in [0.25, 0.3) is 0 Å². The number of carbonyl (C=O) groups is 2. The first-order valence-corrected chi connectivity index (χ1v) is 24.0. The van der Waals surface area contributed by atoms with Crippen LogP contribution in [0.2, 0.25) is 0 Å². The molecule has 4 saturated carbocycles. The Hall–Kier alpha value is -2.92. The van der Waals surface area contributed by atoms with Crippen LogP contribution in [0.4, 0.5) is 0 Å². The van der Waals surface area contributed by atoms with Gasteiger partial charge >= 0.3 is 0 Å². The van der Waals surface area contributed by atoms with E-state index in [2.05, 4.69) is 145 Å². The summed E-state index contributed by atoms with van der Waals surface area (Å²) < 4.78 is 0. The van der Waals surface area contributed by atoms with E-state index in [0.29, 0.717) is 43.2 Å². The SMILES string of the molecule is CC/C=C\C/C=C\C/C=C\C/C=C\C/C=C\C/C=C\CCC(=O)NCCNC(=O)[C@]12CC[C@@H](C)[C@H](C)[C@H]1C1=CC[C@@H]3[C@@]4(C)CC[C@H](O)C(C)(C)[C@@H]4CC[C@@]3(C)[C@]1(C)CC2. The second kappa shape index (κ2) is 20.8. The maximum Gasteiger partial charge on any atom is 0.226 e. The summed E-state index contributed by atoms with van der Waals surface area (Å²) in [4.78, 5) is 27.2. The van der Waals surface area contributed by atoms with Crippen molar-refractivity contribution < 1.29 is 14.7 Å². The molecule has 3 N–H and O–H groups in total. The van der Waals surface area contributed by atoms with Gasteiger partial charge in [0.05, 0.1) is 11.5 Å². The van der Waals surface area contributed by atoms with Crippen LogP contribution in [0.3, 0.4) is 0 Å². The van der Waals surface area contributed by atoms with E-state index in [0.717, 1.165) is 89.9 Å². The van der Waals surface area contributed by atoms with Crippen LogP contribution in [-0.2, 0) is 9.59 Å². The van der Waals surface area contributed by atoms with E-state index >= 15 is 0 Å². The van der Waals surface area contributed by atoms with E-state index < -0.39 is 0 Å². The topological polar surface area (TPSA) is 78.4 Å². The molecule has 10 atom stereocenters. The third-order valence-corrected chi connectivity index (χ3v) is 17.3. The molecule has 0 aliphatic heterocycles. The minimum Gasteiger partial charge on any atom is -0.393 e. The summed E-state index contributed by atoms with van der Waals surface area (Å²) >= 11 is 0. The Morgan fingerprint density at radius 1 is 0.695 bits per heavy atom. The lowest BCUT2D eigenvalue weighted by molar-refractivity contribution is -0.204. The lowest BCUT2D eigenvalue weighted by Gasteiger charge is -2.71. The second-order valence-electron chi connectivity index (χ2n) is 20.7. The second-order valence-corrected chi connectivity index (χ2v) is 20.7. The fourth-order valence-corrected chi connectivity index (χ4v) is 13.4. The lowest BCUT2D eigenvalue weighted by Crippen LogP contribution is -2.66. The summed E-state index contributed by atoms with van der Waals surface area (Å²) in [6, 6.07) is 0. The van der Waals surface area contributed by atoms with Gasteiger partial charge in [-0.15, -0.1) is 0 Å². The minimum atomic E-state index is -0.376. The van der Waals surface area contributed by atoms with Crippen LogP contribution in [-0.4, -0.2) is 36.1 Å². The van der Waals surface area contributed by atoms with Crippen molar-refractivity contribution in [3.63, 3.8) is 0 Å². The van der Waals surface area contributed by atoms with E-state index in [1.54, 1.807) is 5.57 Å². The molecule has 0 saturated heterocycles. The van der Waals surface area contributed by atoms with Crippen molar-refractivity contribution in [1.82, 2.24) is 10.6 Å². The highest BCUT2D eigenvalue weighted by molar-refractivity contribution is 5.84. The third kappa shape index (κ3) is 10.1. The van der Waals surface area contributed by atoms with Crippen LogP contribution in [0.15, 0.2) is 84.6 Å². The van der Waals surface area contributed by atoms with Crippen LogP contribution in [0, 0.1) is 56.7 Å². The van der Waals surface area contributed by atoms with Crippen LogP contribution in [0.1, 0.15) is 165 Å². The average molecular weight is 809 g/mol. The van der Waals surface area contributed by atoms with E-state index in [4.69, 9.17) is 0 Å². The van der Waals surface area contributed by atoms with Crippen molar-refractivity contribution in [3.8, 4) is 0 Å². The van der Waals surface area contributed by atoms with E-state index in [9.17, 15) is 14.7 Å². The monoisotopic (exact) mass is 809 g/mol. The molecule has 328 valence electrons. The summed E-state index contributed by atoms with van der Waals surface area (Å²) in [7, 11) is 0. The summed E-state index contributed by atoms with van der Waals surface area (Å²) in [5.74, 6) is 2.67. The number of carbonyl (C=O) groups excluding carboxylic acids is 2. The zero-order valence-electron chi connectivity index (χ0n) is 38.7. The maximum atomic E-state index is 14.5. The Bertz CT molecular complexity index is 1630. The molecule has 0 spiro atoms. The number of aliphatic hydroxyl groups is 1. The van der Waals surface area contributed by atoms with Crippen molar-refractivity contribution in [2.24, 2.45) is 56.7 Å². The van der Waals surface area contributed by atoms with Gasteiger partial charge in [-0.1, -0.05) is 140 Å². The predicted octanol–water partition coefficient (Wildman–Crippen LogP) is 12.7. The maximum absolute atomic E-state index is 14.5. The number of hydrogen-bond donors (Lipinski definition) is 3. The Kier molecular flexibility index (Phi) is 16.6. The molecule has 0 aromatic rings. The van der Waals surface area contributed by atoms with Gasteiger partial charge in [0.2, 0.25) is 11.8 Å². The quantitative estimate of drug-likeness (QED) is 0.0953. The molecule has 0 heterocycles. The smallest absolute Gasteiger partial charge is 0.226 e. The molecule has 0 aromatic carbocycles. The number of amides is 2. The highest BCUT2D eigenvalue weighted by atomic mass is 16.3. The first-order chi connectivity index (χ1) is 28.2. The third-order valence-electron chi connectivity index (χ3n) is 17.3. The zero-order chi connectivity index (χ0) is 42.7. The molecule has 0 radical (unpaired) electrons. The summed E-state index contributed by atoms with van der Waals surface area (Å²) in [6.45, 7) is 20.4. The Morgan fingerprint density at radius 3 is 1.88 bits per heavy atom. The zero-order valence-corrected chi connectivity index (χ0v) is 38.7. The largest absolute Gasteiger partial charge is 0.393 e. The van der Waals surface area contributed by atoms with Gasteiger partial charge in [-0.25, -0.2) is 0 Å². The molecular formula is C54H84N2O3. The predicted molar refractivity (Wildman–Crippen MR) is 248 cm³/mol. The first-order valence-electron chi connectivity index (χ1n) is 24.0.